The zero-order valence-electron chi connectivity index (χ0n) is 15.8. The van der Waals surface area contributed by atoms with Gasteiger partial charge in [0.05, 0.1) is 19.2 Å². The SMILES string of the molecule is COc1ccccc1C(=O)N1C[C@@H](F)C[C@H]1C(=O)N1CCc2ccccc2C1. The first-order valence-electron chi connectivity index (χ1n) is 9.52. The number of benzene rings is 2. The van der Waals surface area contributed by atoms with Crippen molar-refractivity contribution in [2.24, 2.45) is 0 Å². The van der Waals surface area contributed by atoms with Crippen LogP contribution in [-0.2, 0) is 17.8 Å². The predicted octanol–water partition coefficient (Wildman–Crippen LogP) is 2.83. The van der Waals surface area contributed by atoms with Crippen LogP contribution in [0.15, 0.2) is 48.5 Å². The van der Waals surface area contributed by atoms with Crippen molar-refractivity contribution in [1.82, 2.24) is 9.80 Å². The van der Waals surface area contributed by atoms with E-state index in [1.54, 1.807) is 29.2 Å². The molecular weight excluding hydrogens is 359 g/mol. The Balaban J connectivity index is 1.56. The second-order valence-corrected chi connectivity index (χ2v) is 7.29. The molecule has 1 saturated heterocycles. The molecule has 0 N–H and O–H groups in total. The number of hydrogen-bond acceptors (Lipinski definition) is 3. The minimum absolute atomic E-state index is 0.0396. The van der Waals surface area contributed by atoms with Gasteiger partial charge in [0.2, 0.25) is 5.91 Å². The Morgan fingerprint density at radius 2 is 1.79 bits per heavy atom. The summed E-state index contributed by atoms with van der Waals surface area (Å²) >= 11 is 0. The van der Waals surface area contributed by atoms with Gasteiger partial charge < -0.3 is 14.5 Å². The number of amides is 2. The Morgan fingerprint density at radius 3 is 2.57 bits per heavy atom. The minimum atomic E-state index is -1.20. The number of alkyl halides is 1. The number of carbonyl (C=O) groups is 2. The fraction of sp³-hybridized carbons (Fsp3) is 0.364. The summed E-state index contributed by atoms with van der Waals surface area (Å²) in [6.45, 7) is 1.01. The number of hydrogen-bond donors (Lipinski definition) is 0. The lowest BCUT2D eigenvalue weighted by Gasteiger charge is -2.33. The maximum Gasteiger partial charge on any atom is 0.258 e. The molecule has 0 bridgehead atoms. The molecule has 2 heterocycles. The van der Waals surface area contributed by atoms with Crippen LogP contribution in [0.2, 0.25) is 0 Å². The Kier molecular flexibility index (Phi) is 5.03. The van der Waals surface area contributed by atoms with Crippen LogP contribution < -0.4 is 4.74 Å². The molecule has 146 valence electrons. The van der Waals surface area contributed by atoms with Crippen LogP contribution in [0.5, 0.6) is 5.75 Å². The van der Waals surface area contributed by atoms with Gasteiger partial charge in [-0.05, 0) is 29.7 Å². The molecule has 0 spiro atoms. The van der Waals surface area contributed by atoms with E-state index in [4.69, 9.17) is 4.74 Å². The largest absolute Gasteiger partial charge is 0.496 e. The summed E-state index contributed by atoms with van der Waals surface area (Å²) in [5, 5.41) is 0. The Bertz CT molecular complexity index is 901. The molecule has 2 aromatic rings. The van der Waals surface area contributed by atoms with Crippen LogP contribution >= 0.6 is 0 Å². The maximum atomic E-state index is 14.3. The topological polar surface area (TPSA) is 49.9 Å². The van der Waals surface area contributed by atoms with Gasteiger partial charge in [-0.15, -0.1) is 0 Å². The highest BCUT2D eigenvalue weighted by molar-refractivity contribution is 6.00. The normalized spacial score (nSPS) is 21.4. The highest BCUT2D eigenvalue weighted by Crippen LogP contribution is 2.29. The fourth-order valence-electron chi connectivity index (χ4n) is 4.11. The molecule has 1 fully saturated rings. The van der Waals surface area contributed by atoms with Crippen LogP contribution in [0.3, 0.4) is 0 Å². The first-order chi connectivity index (χ1) is 13.6. The van der Waals surface area contributed by atoms with Crippen molar-refractivity contribution in [1.29, 1.82) is 0 Å². The quantitative estimate of drug-likeness (QED) is 0.820. The molecule has 28 heavy (non-hydrogen) atoms. The lowest BCUT2D eigenvalue weighted by molar-refractivity contribution is -0.136. The molecular formula is C22H23FN2O3. The highest BCUT2D eigenvalue weighted by atomic mass is 19.1. The zero-order valence-corrected chi connectivity index (χ0v) is 15.8. The highest BCUT2D eigenvalue weighted by Gasteiger charge is 2.42. The van der Waals surface area contributed by atoms with Crippen LogP contribution in [0.1, 0.15) is 27.9 Å². The molecule has 2 atom stereocenters. The van der Waals surface area contributed by atoms with E-state index >= 15 is 0 Å². The van der Waals surface area contributed by atoms with Crippen molar-refractivity contribution in [2.75, 3.05) is 20.2 Å². The number of carbonyl (C=O) groups excluding carboxylic acids is 2. The Labute approximate surface area is 163 Å². The Hall–Kier alpha value is -2.89. The van der Waals surface area contributed by atoms with E-state index in [9.17, 15) is 14.0 Å². The summed E-state index contributed by atoms with van der Waals surface area (Å²) in [6, 6.07) is 14.1. The van der Waals surface area contributed by atoms with Gasteiger partial charge in [0, 0.05) is 19.5 Å². The summed E-state index contributed by atoms with van der Waals surface area (Å²) < 4.78 is 19.5. The molecule has 0 aliphatic carbocycles. The van der Waals surface area contributed by atoms with Crippen molar-refractivity contribution >= 4 is 11.8 Å². The van der Waals surface area contributed by atoms with Gasteiger partial charge in [-0.1, -0.05) is 36.4 Å². The van der Waals surface area contributed by atoms with Crippen LogP contribution in [0, 0.1) is 0 Å². The fourth-order valence-corrected chi connectivity index (χ4v) is 4.11. The van der Waals surface area contributed by atoms with Gasteiger partial charge >= 0.3 is 0 Å². The first kappa shape index (κ1) is 18.5. The molecule has 6 heteroatoms. The first-order valence-corrected chi connectivity index (χ1v) is 9.52. The second kappa shape index (κ2) is 7.62. The standard InChI is InChI=1S/C22H23FN2O3/c1-28-20-9-5-4-8-18(20)21(26)25-14-17(23)12-19(25)22(27)24-11-10-15-6-2-3-7-16(15)13-24/h2-9,17,19H,10-14H2,1H3/t17-,19-/m0/s1. The number of ether oxygens (including phenoxy) is 1. The van der Waals surface area contributed by atoms with Crippen molar-refractivity contribution < 1.29 is 18.7 Å². The number of halogens is 1. The second-order valence-electron chi connectivity index (χ2n) is 7.29. The van der Waals surface area contributed by atoms with E-state index in [2.05, 4.69) is 6.07 Å². The molecule has 0 unspecified atom stereocenters. The lowest BCUT2D eigenvalue weighted by Crippen LogP contribution is -2.49. The molecule has 2 aliphatic rings. The van der Waals surface area contributed by atoms with E-state index in [0.717, 1.165) is 12.0 Å². The molecule has 5 nitrogen and oxygen atoms in total. The van der Waals surface area contributed by atoms with Crippen molar-refractivity contribution in [2.45, 2.75) is 31.6 Å². The summed E-state index contributed by atoms with van der Waals surface area (Å²) in [6.07, 6.45) is -0.392. The number of para-hydroxylation sites is 1. The Morgan fingerprint density at radius 1 is 1.07 bits per heavy atom. The van der Waals surface area contributed by atoms with Crippen LogP contribution in [0.4, 0.5) is 4.39 Å². The third-order valence-electron chi connectivity index (χ3n) is 5.58. The van der Waals surface area contributed by atoms with Gasteiger partial charge in [-0.25, -0.2) is 4.39 Å². The zero-order chi connectivity index (χ0) is 19.7. The van der Waals surface area contributed by atoms with Crippen LogP contribution in [0.25, 0.3) is 0 Å². The summed E-state index contributed by atoms with van der Waals surface area (Å²) in [7, 11) is 1.49. The number of likely N-dealkylation sites (tertiary alicyclic amines) is 1. The summed E-state index contributed by atoms with van der Waals surface area (Å²) in [5.41, 5.74) is 2.70. The van der Waals surface area contributed by atoms with Crippen molar-refractivity contribution in [3.8, 4) is 5.75 Å². The number of rotatable bonds is 3. The summed E-state index contributed by atoms with van der Waals surface area (Å²) in [5.74, 6) is -0.126. The van der Waals surface area contributed by atoms with Gasteiger partial charge in [0.15, 0.2) is 0 Å². The number of nitrogens with zero attached hydrogens (tertiary/aromatic N) is 2. The molecule has 2 aliphatic heterocycles. The summed E-state index contributed by atoms with van der Waals surface area (Å²) in [4.78, 5) is 29.4. The van der Waals surface area contributed by atoms with E-state index in [1.807, 2.05) is 18.2 Å². The van der Waals surface area contributed by atoms with E-state index in [1.165, 1.54) is 17.6 Å². The van der Waals surface area contributed by atoms with E-state index in [0.29, 0.717) is 24.4 Å². The lowest BCUT2D eigenvalue weighted by atomic mass is 9.99. The predicted molar refractivity (Wildman–Crippen MR) is 103 cm³/mol. The monoisotopic (exact) mass is 382 g/mol. The smallest absolute Gasteiger partial charge is 0.258 e. The average molecular weight is 382 g/mol. The number of methoxy groups -OCH3 is 1. The molecule has 0 radical (unpaired) electrons. The molecule has 2 amide bonds. The average Bonchev–Trinajstić information content (AvgIpc) is 3.13. The third kappa shape index (κ3) is 3.35. The minimum Gasteiger partial charge on any atom is -0.496 e. The molecule has 4 rings (SSSR count). The molecule has 0 saturated carbocycles. The molecule has 0 aromatic heterocycles. The third-order valence-corrected chi connectivity index (χ3v) is 5.58. The van der Waals surface area contributed by atoms with Gasteiger partial charge in [-0.2, -0.15) is 0 Å². The van der Waals surface area contributed by atoms with Gasteiger partial charge in [0.1, 0.15) is 18.0 Å². The van der Waals surface area contributed by atoms with Gasteiger partial charge in [-0.3, -0.25) is 9.59 Å². The molecule has 2 aromatic carbocycles. The van der Waals surface area contributed by atoms with E-state index < -0.39 is 12.2 Å². The van der Waals surface area contributed by atoms with Crippen molar-refractivity contribution in [3.63, 3.8) is 0 Å². The number of fused-ring (bicyclic) bond motifs is 1. The van der Waals surface area contributed by atoms with Crippen molar-refractivity contribution in [3.05, 3.63) is 65.2 Å². The van der Waals surface area contributed by atoms with Gasteiger partial charge in [0.25, 0.3) is 5.91 Å². The van der Waals surface area contributed by atoms with Crippen LogP contribution in [-0.4, -0.2) is 54.0 Å². The van der Waals surface area contributed by atoms with E-state index in [-0.39, 0.29) is 24.8 Å². The maximum absolute atomic E-state index is 14.3.